The first-order valence-corrected chi connectivity index (χ1v) is 11.3. The minimum absolute atomic E-state index is 0.0275. The van der Waals surface area contributed by atoms with Crippen LogP contribution < -0.4 is 5.32 Å². The molecule has 0 bridgehead atoms. The van der Waals surface area contributed by atoms with Crippen molar-refractivity contribution in [2.24, 2.45) is 0 Å². The molecular formula is C24H32N2O2S. The molecule has 1 atom stereocenters. The van der Waals surface area contributed by atoms with Crippen molar-refractivity contribution < 1.29 is 9.59 Å². The second kappa shape index (κ2) is 12.3. The van der Waals surface area contributed by atoms with Gasteiger partial charge in [0.2, 0.25) is 11.8 Å². The summed E-state index contributed by atoms with van der Waals surface area (Å²) in [5.74, 6) is 0.645. The van der Waals surface area contributed by atoms with E-state index >= 15 is 0 Å². The number of hydrogen-bond acceptors (Lipinski definition) is 3. The maximum Gasteiger partial charge on any atom is 0.242 e. The standard InChI is InChI=1S/C24H32N2O2S/c1-4-16-25-24(28)20(3)26(17-14-21-8-6-5-7-9-21)23(27)15-18-29-22-12-10-19(2)11-13-22/h5-13,20H,4,14-18H2,1-3H3,(H,25,28). The summed E-state index contributed by atoms with van der Waals surface area (Å²) in [5.41, 5.74) is 2.39. The highest BCUT2D eigenvalue weighted by molar-refractivity contribution is 7.99. The molecular weight excluding hydrogens is 380 g/mol. The molecule has 0 aromatic heterocycles. The van der Waals surface area contributed by atoms with Crippen molar-refractivity contribution in [3.63, 3.8) is 0 Å². The predicted molar refractivity (Wildman–Crippen MR) is 121 cm³/mol. The van der Waals surface area contributed by atoms with E-state index in [0.717, 1.165) is 17.7 Å². The van der Waals surface area contributed by atoms with Crippen LogP contribution in [-0.2, 0) is 16.0 Å². The lowest BCUT2D eigenvalue weighted by Gasteiger charge is -2.28. The number of aryl methyl sites for hydroxylation is 1. The molecule has 29 heavy (non-hydrogen) atoms. The van der Waals surface area contributed by atoms with Crippen LogP contribution >= 0.6 is 11.8 Å². The van der Waals surface area contributed by atoms with Gasteiger partial charge in [-0.05, 0) is 44.4 Å². The molecule has 2 rings (SSSR count). The molecule has 0 saturated carbocycles. The summed E-state index contributed by atoms with van der Waals surface area (Å²) in [7, 11) is 0. The van der Waals surface area contributed by atoms with Crippen molar-refractivity contribution in [3.8, 4) is 0 Å². The van der Waals surface area contributed by atoms with Crippen LogP contribution in [0.4, 0.5) is 0 Å². The monoisotopic (exact) mass is 412 g/mol. The Labute approximate surface area is 179 Å². The van der Waals surface area contributed by atoms with Gasteiger partial charge in [0.05, 0.1) is 0 Å². The number of rotatable bonds is 11. The highest BCUT2D eigenvalue weighted by Gasteiger charge is 2.25. The lowest BCUT2D eigenvalue weighted by molar-refractivity contribution is -0.139. The third-order valence-electron chi connectivity index (χ3n) is 4.81. The Kier molecular flexibility index (Phi) is 9.78. The van der Waals surface area contributed by atoms with Crippen molar-refractivity contribution in [1.29, 1.82) is 0 Å². The number of hydrogen-bond donors (Lipinski definition) is 1. The third-order valence-corrected chi connectivity index (χ3v) is 5.82. The van der Waals surface area contributed by atoms with Crippen LogP contribution in [0.3, 0.4) is 0 Å². The van der Waals surface area contributed by atoms with Gasteiger partial charge in [0, 0.05) is 30.2 Å². The van der Waals surface area contributed by atoms with Crippen molar-refractivity contribution >= 4 is 23.6 Å². The Balaban J connectivity index is 1.96. The van der Waals surface area contributed by atoms with Crippen LogP contribution in [0.2, 0.25) is 0 Å². The SMILES string of the molecule is CCCNC(=O)C(C)N(CCc1ccccc1)C(=O)CCSc1ccc(C)cc1. The molecule has 0 saturated heterocycles. The Morgan fingerprint density at radius 2 is 1.76 bits per heavy atom. The van der Waals surface area contributed by atoms with Crippen molar-refractivity contribution in [1.82, 2.24) is 10.2 Å². The number of amides is 2. The lowest BCUT2D eigenvalue weighted by Crippen LogP contribution is -2.49. The number of thioether (sulfide) groups is 1. The molecule has 0 fully saturated rings. The fourth-order valence-corrected chi connectivity index (χ4v) is 3.84. The maximum absolute atomic E-state index is 13.0. The van der Waals surface area contributed by atoms with E-state index in [2.05, 4.69) is 48.6 Å². The smallest absolute Gasteiger partial charge is 0.242 e. The fraction of sp³-hybridized carbons (Fsp3) is 0.417. The van der Waals surface area contributed by atoms with E-state index in [0.29, 0.717) is 25.3 Å². The predicted octanol–water partition coefficient (Wildman–Crippen LogP) is 4.46. The van der Waals surface area contributed by atoms with Gasteiger partial charge in [-0.2, -0.15) is 0 Å². The van der Waals surface area contributed by atoms with Crippen LogP contribution in [0.25, 0.3) is 0 Å². The summed E-state index contributed by atoms with van der Waals surface area (Å²) in [4.78, 5) is 28.3. The second-order valence-electron chi connectivity index (χ2n) is 7.20. The quantitative estimate of drug-likeness (QED) is 0.554. The first-order valence-electron chi connectivity index (χ1n) is 10.3. The number of benzene rings is 2. The summed E-state index contributed by atoms with van der Waals surface area (Å²) in [6, 6.07) is 17.9. The Hall–Kier alpha value is -2.27. The van der Waals surface area contributed by atoms with Gasteiger partial charge < -0.3 is 10.2 Å². The summed E-state index contributed by atoms with van der Waals surface area (Å²) in [6.07, 6.45) is 2.03. The van der Waals surface area contributed by atoms with Gasteiger partial charge in [-0.3, -0.25) is 9.59 Å². The van der Waals surface area contributed by atoms with Gasteiger partial charge in [-0.15, -0.1) is 11.8 Å². The average Bonchev–Trinajstić information content (AvgIpc) is 2.74. The minimum Gasteiger partial charge on any atom is -0.354 e. The molecule has 5 heteroatoms. The Morgan fingerprint density at radius 1 is 1.07 bits per heavy atom. The zero-order valence-corrected chi connectivity index (χ0v) is 18.5. The molecule has 1 unspecified atom stereocenters. The lowest BCUT2D eigenvalue weighted by atomic mass is 10.1. The van der Waals surface area contributed by atoms with Crippen LogP contribution in [-0.4, -0.2) is 41.6 Å². The number of carbonyl (C=O) groups is 2. The van der Waals surface area contributed by atoms with Gasteiger partial charge in [0.1, 0.15) is 6.04 Å². The normalized spacial score (nSPS) is 11.7. The minimum atomic E-state index is -0.470. The molecule has 0 heterocycles. The molecule has 0 spiro atoms. The molecule has 0 radical (unpaired) electrons. The van der Waals surface area contributed by atoms with Crippen molar-refractivity contribution in [2.45, 2.75) is 51.0 Å². The molecule has 0 aliphatic rings. The van der Waals surface area contributed by atoms with Crippen molar-refractivity contribution in [3.05, 3.63) is 65.7 Å². The summed E-state index contributed by atoms with van der Waals surface area (Å²) in [6.45, 7) is 7.08. The van der Waals surface area contributed by atoms with Gasteiger partial charge in [-0.1, -0.05) is 55.0 Å². The van der Waals surface area contributed by atoms with Gasteiger partial charge in [0.15, 0.2) is 0 Å². The zero-order valence-electron chi connectivity index (χ0n) is 17.7. The largest absolute Gasteiger partial charge is 0.354 e. The maximum atomic E-state index is 13.0. The van der Waals surface area contributed by atoms with E-state index in [1.165, 1.54) is 11.1 Å². The van der Waals surface area contributed by atoms with E-state index < -0.39 is 6.04 Å². The molecule has 2 aromatic rings. The average molecular weight is 413 g/mol. The first-order chi connectivity index (χ1) is 14.0. The van der Waals surface area contributed by atoms with Crippen LogP contribution in [0.15, 0.2) is 59.5 Å². The topological polar surface area (TPSA) is 49.4 Å². The highest BCUT2D eigenvalue weighted by atomic mass is 32.2. The number of carbonyl (C=O) groups excluding carboxylic acids is 2. The van der Waals surface area contributed by atoms with E-state index in [9.17, 15) is 9.59 Å². The van der Waals surface area contributed by atoms with E-state index in [-0.39, 0.29) is 11.8 Å². The van der Waals surface area contributed by atoms with E-state index in [1.807, 2.05) is 32.0 Å². The highest BCUT2D eigenvalue weighted by Crippen LogP contribution is 2.20. The van der Waals surface area contributed by atoms with E-state index in [1.54, 1.807) is 16.7 Å². The van der Waals surface area contributed by atoms with Gasteiger partial charge in [0.25, 0.3) is 0 Å². The molecule has 2 amide bonds. The first kappa shape index (κ1) is 23.0. The Bertz CT molecular complexity index is 762. The zero-order chi connectivity index (χ0) is 21.1. The summed E-state index contributed by atoms with van der Waals surface area (Å²) >= 11 is 1.68. The fourth-order valence-electron chi connectivity index (χ4n) is 3.00. The third kappa shape index (κ3) is 7.94. The van der Waals surface area contributed by atoms with Crippen LogP contribution in [0.1, 0.15) is 37.8 Å². The molecule has 2 aromatic carbocycles. The van der Waals surface area contributed by atoms with E-state index in [4.69, 9.17) is 0 Å². The second-order valence-corrected chi connectivity index (χ2v) is 8.37. The number of nitrogens with zero attached hydrogens (tertiary/aromatic N) is 1. The molecule has 156 valence electrons. The molecule has 0 aliphatic heterocycles. The molecule has 4 nitrogen and oxygen atoms in total. The van der Waals surface area contributed by atoms with Gasteiger partial charge in [-0.25, -0.2) is 0 Å². The van der Waals surface area contributed by atoms with Gasteiger partial charge >= 0.3 is 0 Å². The number of nitrogens with one attached hydrogen (secondary N) is 1. The summed E-state index contributed by atoms with van der Waals surface area (Å²) < 4.78 is 0. The van der Waals surface area contributed by atoms with Crippen molar-refractivity contribution in [2.75, 3.05) is 18.8 Å². The molecule has 1 N–H and O–H groups in total. The van der Waals surface area contributed by atoms with Crippen LogP contribution in [0.5, 0.6) is 0 Å². The Morgan fingerprint density at radius 3 is 2.41 bits per heavy atom. The molecule has 0 aliphatic carbocycles. The summed E-state index contributed by atoms with van der Waals surface area (Å²) in [5, 5.41) is 2.91. The van der Waals surface area contributed by atoms with Crippen LogP contribution in [0, 0.1) is 6.92 Å².